The minimum absolute atomic E-state index is 0.331. The Balaban J connectivity index is 1.75. The predicted molar refractivity (Wildman–Crippen MR) is 107 cm³/mol. The standard InChI is InChI=1S/C22H21N3O4/c1-15-12-19(16(2)25(15)18-9-4-3-5-10-18)22(28)24-23-13-17-8-6-7-11-20(17)29-14-21(26)27/h3-13H,14H2,1-2H3,(H,24,28)(H,26,27)/p-1/b23-13-. The van der Waals surface area contributed by atoms with Gasteiger partial charge in [0, 0.05) is 22.6 Å². The number of ether oxygens (including phenoxy) is 1. The Kier molecular flexibility index (Phi) is 6.09. The lowest BCUT2D eigenvalue weighted by atomic mass is 10.2. The van der Waals surface area contributed by atoms with Crippen LogP contribution < -0.4 is 15.3 Å². The zero-order valence-corrected chi connectivity index (χ0v) is 16.1. The van der Waals surface area contributed by atoms with Crippen LogP contribution in [0, 0.1) is 13.8 Å². The van der Waals surface area contributed by atoms with Crippen LogP contribution in [-0.2, 0) is 4.79 Å². The molecule has 2 aromatic carbocycles. The third kappa shape index (κ3) is 4.70. The Labute approximate surface area is 168 Å². The van der Waals surface area contributed by atoms with E-state index in [2.05, 4.69) is 10.5 Å². The molecule has 0 aliphatic heterocycles. The Hall–Kier alpha value is -3.87. The van der Waals surface area contributed by atoms with E-state index in [9.17, 15) is 14.7 Å². The molecule has 1 heterocycles. The highest BCUT2D eigenvalue weighted by atomic mass is 16.5. The first-order valence-electron chi connectivity index (χ1n) is 8.97. The van der Waals surface area contributed by atoms with Crippen molar-refractivity contribution in [3.63, 3.8) is 0 Å². The van der Waals surface area contributed by atoms with Gasteiger partial charge < -0.3 is 19.2 Å². The number of carbonyl (C=O) groups excluding carboxylic acids is 2. The van der Waals surface area contributed by atoms with E-state index in [4.69, 9.17) is 4.74 Å². The Morgan fingerprint density at radius 2 is 1.79 bits per heavy atom. The zero-order chi connectivity index (χ0) is 20.8. The van der Waals surface area contributed by atoms with Gasteiger partial charge in [-0.25, -0.2) is 5.43 Å². The molecule has 0 bridgehead atoms. The third-order valence-corrected chi connectivity index (χ3v) is 4.32. The van der Waals surface area contributed by atoms with Gasteiger partial charge in [-0.15, -0.1) is 0 Å². The van der Waals surface area contributed by atoms with E-state index in [1.54, 1.807) is 24.3 Å². The van der Waals surface area contributed by atoms with Gasteiger partial charge in [-0.2, -0.15) is 5.10 Å². The molecule has 1 N–H and O–H groups in total. The van der Waals surface area contributed by atoms with Crippen LogP contribution in [0.15, 0.2) is 65.8 Å². The van der Waals surface area contributed by atoms with Crippen molar-refractivity contribution in [1.29, 1.82) is 0 Å². The van der Waals surface area contributed by atoms with Crippen molar-refractivity contribution in [2.45, 2.75) is 13.8 Å². The summed E-state index contributed by atoms with van der Waals surface area (Å²) in [4.78, 5) is 23.2. The van der Waals surface area contributed by atoms with Crippen LogP contribution in [0.5, 0.6) is 5.75 Å². The fraction of sp³-hybridized carbons (Fsp3) is 0.136. The van der Waals surface area contributed by atoms with Crippen LogP contribution in [0.4, 0.5) is 0 Å². The first-order chi connectivity index (χ1) is 14.0. The number of hydrogen-bond acceptors (Lipinski definition) is 5. The average Bonchev–Trinajstić information content (AvgIpc) is 3.02. The molecule has 3 rings (SSSR count). The molecule has 1 amide bonds. The molecule has 7 nitrogen and oxygen atoms in total. The lowest BCUT2D eigenvalue weighted by molar-refractivity contribution is -0.307. The molecule has 0 radical (unpaired) electrons. The van der Waals surface area contributed by atoms with Crippen LogP contribution in [0.1, 0.15) is 27.3 Å². The summed E-state index contributed by atoms with van der Waals surface area (Å²) in [7, 11) is 0. The third-order valence-electron chi connectivity index (χ3n) is 4.32. The van der Waals surface area contributed by atoms with E-state index >= 15 is 0 Å². The number of para-hydroxylation sites is 2. The van der Waals surface area contributed by atoms with Gasteiger partial charge in [-0.3, -0.25) is 4.79 Å². The number of aryl methyl sites for hydroxylation is 1. The van der Waals surface area contributed by atoms with Crippen molar-refractivity contribution in [2.75, 3.05) is 6.61 Å². The van der Waals surface area contributed by atoms with Crippen molar-refractivity contribution in [2.24, 2.45) is 5.10 Å². The topological polar surface area (TPSA) is 95.8 Å². The molecular weight excluding hydrogens is 370 g/mol. The van der Waals surface area contributed by atoms with Gasteiger partial charge in [0.25, 0.3) is 5.91 Å². The Morgan fingerprint density at radius 3 is 2.52 bits per heavy atom. The molecule has 0 saturated carbocycles. The number of hydrogen-bond donors (Lipinski definition) is 1. The monoisotopic (exact) mass is 390 g/mol. The molecule has 0 atom stereocenters. The summed E-state index contributed by atoms with van der Waals surface area (Å²) in [6.45, 7) is 3.25. The largest absolute Gasteiger partial charge is 0.546 e. The van der Waals surface area contributed by atoms with E-state index in [1.165, 1.54) is 6.21 Å². The van der Waals surface area contributed by atoms with Crippen molar-refractivity contribution in [3.8, 4) is 11.4 Å². The fourth-order valence-electron chi connectivity index (χ4n) is 3.04. The van der Waals surface area contributed by atoms with Crippen LogP contribution >= 0.6 is 0 Å². The second-order valence-electron chi connectivity index (χ2n) is 6.35. The number of carboxylic acid groups (broad SMARTS) is 1. The number of amides is 1. The van der Waals surface area contributed by atoms with E-state index < -0.39 is 12.6 Å². The van der Waals surface area contributed by atoms with Gasteiger partial charge in [0.2, 0.25) is 0 Å². The Bertz CT molecular complexity index is 1060. The number of benzene rings is 2. The van der Waals surface area contributed by atoms with Gasteiger partial charge in [0.05, 0.1) is 17.7 Å². The normalized spacial score (nSPS) is 10.8. The number of hydrazone groups is 1. The molecule has 1 aromatic heterocycles. The van der Waals surface area contributed by atoms with E-state index in [1.807, 2.05) is 54.8 Å². The van der Waals surface area contributed by atoms with Gasteiger partial charge in [-0.05, 0) is 44.2 Å². The highest BCUT2D eigenvalue weighted by Crippen LogP contribution is 2.20. The van der Waals surface area contributed by atoms with Crippen LogP contribution in [-0.4, -0.2) is 29.3 Å². The average molecular weight is 390 g/mol. The molecule has 3 aromatic rings. The smallest absolute Gasteiger partial charge is 0.273 e. The number of aliphatic carboxylic acids is 1. The first kappa shape index (κ1) is 19.9. The van der Waals surface area contributed by atoms with Crippen LogP contribution in [0.3, 0.4) is 0 Å². The molecule has 0 aliphatic rings. The molecule has 0 fully saturated rings. The number of carbonyl (C=O) groups is 2. The highest BCUT2D eigenvalue weighted by Gasteiger charge is 2.16. The predicted octanol–water partition coefficient (Wildman–Crippen LogP) is 1.99. The van der Waals surface area contributed by atoms with Crippen molar-refractivity contribution in [1.82, 2.24) is 9.99 Å². The lowest BCUT2D eigenvalue weighted by Gasteiger charge is -2.09. The number of aromatic nitrogens is 1. The summed E-state index contributed by atoms with van der Waals surface area (Å²) in [5.74, 6) is -1.33. The second-order valence-corrected chi connectivity index (χ2v) is 6.35. The molecule has 0 unspecified atom stereocenters. The molecule has 0 saturated heterocycles. The summed E-state index contributed by atoms with van der Waals surface area (Å²) in [5.41, 5.74) is 6.27. The van der Waals surface area contributed by atoms with E-state index in [-0.39, 0.29) is 5.91 Å². The Morgan fingerprint density at radius 1 is 1.10 bits per heavy atom. The number of carboxylic acids is 1. The van der Waals surface area contributed by atoms with Crippen LogP contribution in [0.2, 0.25) is 0 Å². The van der Waals surface area contributed by atoms with Crippen molar-refractivity contribution >= 4 is 18.1 Å². The van der Waals surface area contributed by atoms with Gasteiger partial charge in [0.15, 0.2) is 0 Å². The summed E-state index contributed by atoms with van der Waals surface area (Å²) < 4.78 is 7.16. The zero-order valence-electron chi connectivity index (χ0n) is 16.1. The quantitative estimate of drug-likeness (QED) is 0.493. The van der Waals surface area contributed by atoms with Crippen molar-refractivity contribution in [3.05, 3.63) is 83.2 Å². The minimum Gasteiger partial charge on any atom is -0.546 e. The molecule has 148 valence electrons. The van der Waals surface area contributed by atoms with Crippen molar-refractivity contribution < 1.29 is 19.4 Å². The number of nitrogens with zero attached hydrogens (tertiary/aromatic N) is 2. The molecule has 7 heteroatoms. The van der Waals surface area contributed by atoms with Gasteiger partial charge >= 0.3 is 0 Å². The lowest BCUT2D eigenvalue weighted by Crippen LogP contribution is -2.29. The maximum Gasteiger partial charge on any atom is 0.273 e. The fourth-order valence-corrected chi connectivity index (χ4v) is 3.04. The molecule has 29 heavy (non-hydrogen) atoms. The maximum atomic E-state index is 12.6. The summed E-state index contributed by atoms with van der Waals surface area (Å²) >= 11 is 0. The first-order valence-corrected chi connectivity index (χ1v) is 8.97. The SMILES string of the molecule is Cc1cc(C(=O)N/N=C\c2ccccc2OCC(=O)[O-])c(C)n1-c1ccccc1. The summed E-state index contributed by atoms with van der Waals surface area (Å²) in [6.07, 6.45) is 1.40. The molecule has 0 spiro atoms. The molecular formula is C22H20N3O4-. The van der Waals surface area contributed by atoms with E-state index in [0.717, 1.165) is 17.1 Å². The number of nitrogens with one attached hydrogen (secondary N) is 1. The van der Waals surface area contributed by atoms with Gasteiger partial charge in [0.1, 0.15) is 12.4 Å². The molecule has 0 aliphatic carbocycles. The minimum atomic E-state index is -1.32. The highest BCUT2D eigenvalue weighted by molar-refractivity contribution is 5.96. The number of rotatable bonds is 7. The second kappa shape index (κ2) is 8.88. The summed E-state index contributed by atoms with van der Waals surface area (Å²) in [6, 6.07) is 18.4. The van der Waals surface area contributed by atoms with E-state index in [0.29, 0.717) is 16.9 Å². The maximum absolute atomic E-state index is 12.6. The van der Waals surface area contributed by atoms with Crippen LogP contribution in [0.25, 0.3) is 5.69 Å². The summed E-state index contributed by atoms with van der Waals surface area (Å²) in [5, 5.41) is 14.6. The van der Waals surface area contributed by atoms with Gasteiger partial charge in [-0.1, -0.05) is 30.3 Å².